The first kappa shape index (κ1) is 83.1. The lowest BCUT2D eigenvalue weighted by Gasteiger charge is -2.21. The molecule has 17 nitrogen and oxygen atoms in total. The Morgan fingerprint density at radius 1 is 0.341 bits per heavy atom. The molecule has 0 aliphatic rings. The average molecular weight is 1260 g/mol. The first-order valence-electron chi connectivity index (χ1n) is 34.4. The highest BCUT2D eigenvalue weighted by Crippen LogP contribution is 2.45. The van der Waals surface area contributed by atoms with E-state index in [-0.39, 0.29) is 25.7 Å². The summed E-state index contributed by atoms with van der Waals surface area (Å²) >= 11 is 0. The summed E-state index contributed by atoms with van der Waals surface area (Å²) in [6.07, 6.45) is 39.2. The van der Waals surface area contributed by atoms with E-state index in [1.807, 2.05) is 0 Å². The van der Waals surface area contributed by atoms with Crippen molar-refractivity contribution in [3.63, 3.8) is 0 Å². The lowest BCUT2D eigenvalue weighted by atomic mass is 10.00. The molecule has 0 radical (unpaired) electrons. The SMILES string of the molecule is CCCCCCCCCC(=O)OC[C@H](COP(=O)(O)OC[C@H](O)COP(=O)(O)OC[C@@H](COC(=O)CCCCCCCCC(C)CC)OC(=O)CCCCCCCCCCCCCCCCCC(C)C)OC(=O)CCCCCCCCC(C)CC. The highest BCUT2D eigenvalue weighted by atomic mass is 31.2. The summed E-state index contributed by atoms with van der Waals surface area (Å²) < 4.78 is 68.0. The Balaban J connectivity index is 5.18. The summed E-state index contributed by atoms with van der Waals surface area (Å²) in [6.45, 7) is 11.7. The molecule has 19 heteroatoms. The van der Waals surface area contributed by atoms with Crippen molar-refractivity contribution in [1.29, 1.82) is 0 Å². The van der Waals surface area contributed by atoms with E-state index in [2.05, 4.69) is 48.5 Å². The van der Waals surface area contributed by atoms with Gasteiger partial charge in [0.25, 0.3) is 0 Å². The van der Waals surface area contributed by atoms with E-state index in [9.17, 15) is 43.2 Å². The van der Waals surface area contributed by atoms with Crippen LogP contribution in [0.1, 0.15) is 325 Å². The van der Waals surface area contributed by atoms with Gasteiger partial charge in [-0.05, 0) is 43.4 Å². The molecule has 0 saturated carbocycles. The quantitative estimate of drug-likeness (QED) is 0.0222. The van der Waals surface area contributed by atoms with Crippen LogP contribution in [-0.2, 0) is 65.4 Å². The van der Waals surface area contributed by atoms with Crippen LogP contribution < -0.4 is 0 Å². The zero-order valence-electron chi connectivity index (χ0n) is 55.1. The first-order valence-corrected chi connectivity index (χ1v) is 37.4. The molecule has 0 saturated heterocycles. The Bertz CT molecular complexity index is 1690. The minimum atomic E-state index is -4.95. The minimum Gasteiger partial charge on any atom is -0.462 e. The Kier molecular flexibility index (Phi) is 55.9. The van der Waals surface area contributed by atoms with Gasteiger partial charge in [0.15, 0.2) is 12.2 Å². The molecule has 4 unspecified atom stereocenters. The van der Waals surface area contributed by atoms with Crippen molar-refractivity contribution in [1.82, 2.24) is 0 Å². The van der Waals surface area contributed by atoms with E-state index in [1.54, 1.807) is 0 Å². The first-order chi connectivity index (χ1) is 40.8. The summed E-state index contributed by atoms with van der Waals surface area (Å²) in [7, 11) is -9.89. The standard InChI is InChI=1S/C66H128O17P2/c1-8-11-12-13-23-33-40-47-63(68)76-53-62(83-66(71)50-43-36-29-27-32-39-46-59(7)10-3)56-81-85(74,75)79-52-60(67)51-78-84(72,73)80-55-61(54-77-64(69)48-41-34-28-26-31-38-45-58(6)9-2)82-65(70)49-42-35-25-22-20-18-16-14-15-17-19-21-24-30-37-44-57(4)5/h57-62,67H,8-56H2,1-7H3,(H,72,73)(H,74,75)/t58?,59?,60-,61-,62-/m1/s1. The molecule has 0 amide bonds. The van der Waals surface area contributed by atoms with Crippen LogP contribution >= 0.6 is 15.6 Å². The smallest absolute Gasteiger partial charge is 0.462 e. The lowest BCUT2D eigenvalue weighted by Crippen LogP contribution is -2.30. The van der Waals surface area contributed by atoms with Crippen LogP contribution in [0.4, 0.5) is 0 Å². The number of ether oxygens (including phenoxy) is 4. The van der Waals surface area contributed by atoms with Gasteiger partial charge in [-0.2, -0.15) is 0 Å². The maximum atomic E-state index is 13.0. The van der Waals surface area contributed by atoms with Crippen molar-refractivity contribution < 1.29 is 80.2 Å². The molecule has 85 heavy (non-hydrogen) atoms. The van der Waals surface area contributed by atoms with Crippen LogP contribution in [0.2, 0.25) is 0 Å². The molecule has 3 N–H and O–H groups in total. The molecular formula is C66H128O17P2. The number of hydrogen-bond donors (Lipinski definition) is 3. The molecule has 0 spiro atoms. The molecular weight excluding hydrogens is 1130 g/mol. The van der Waals surface area contributed by atoms with Gasteiger partial charge in [0.2, 0.25) is 0 Å². The number of phosphoric ester groups is 2. The second kappa shape index (κ2) is 57.2. The number of aliphatic hydroxyl groups excluding tert-OH is 1. The molecule has 7 atom stereocenters. The topological polar surface area (TPSA) is 237 Å². The number of unbranched alkanes of at least 4 members (excludes halogenated alkanes) is 30. The zero-order chi connectivity index (χ0) is 63.1. The summed E-state index contributed by atoms with van der Waals surface area (Å²) in [5.74, 6) is 0.113. The van der Waals surface area contributed by atoms with Gasteiger partial charge >= 0.3 is 39.5 Å². The molecule has 0 aliphatic carbocycles. The number of rotatable bonds is 64. The molecule has 0 fully saturated rings. The highest BCUT2D eigenvalue weighted by molar-refractivity contribution is 7.47. The monoisotopic (exact) mass is 1250 g/mol. The maximum absolute atomic E-state index is 13.0. The highest BCUT2D eigenvalue weighted by Gasteiger charge is 2.30. The van der Waals surface area contributed by atoms with Crippen molar-refractivity contribution in [2.24, 2.45) is 17.8 Å². The van der Waals surface area contributed by atoms with E-state index in [0.717, 1.165) is 127 Å². The van der Waals surface area contributed by atoms with E-state index in [1.165, 1.54) is 116 Å². The minimum absolute atomic E-state index is 0.102. The third-order valence-electron chi connectivity index (χ3n) is 15.9. The number of aliphatic hydroxyl groups is 1. The molecule has 0 bridgehead atoms. The summed E-state index contributed by atoms with van der Waals surface area (Å²) in [6, 6.07) is 0. The fourth-order valence-corrected chi connectivity index (χ4v) is 11.3. The molecule has 0 aromatic rings. The lowest BCUT2D eigenvalue weighted by molar-refractivity contribution is -0.161. The number of esters is 4. The summed E-state index contributed by atoms with van der Waals surface area (Å²) in [5.41, 5.74) is 0. The molecule has 0 rings (SSSR count). The Hall–Kier alpha value is -1.94. The Labute approximate surface area is 517 Å². The second-order valence-corrected chi connectivity index (χ2v) is 27.7. The van der Waals surface area contributed by atoms with Crippen molar-refractivity contribution in [2.75, 3.05) is 39.6 Å². The van der Waals surface area contributed by atoms with E-state index < -0.39 is 97.5 Å². The van der Waals surface area contributed by atoms with E-state index in [0.29, 0.717) is 25.7 Å². The largest absolute Gasteiger partial charge is 0.472 e. The second-order valence-electron chi connectivity index (χ2n) is 24.8. The maximum Gasteiger partial charge on any atom is 0.472 e. The third kappa shape index (κ3) is 58.2. The number of phosphoric acid groups is 2. The van der Waals surface area contributed by atoms with Crippen molar-refractivity contribution in [2.45, 2.75) is 343 Å². The van der Waals surface area contributed by atoms with E-state index >= 15 is 0 Å². The van der Waals surface area contributed by atoms with Gasteiger partial charge in [-0.3, -0.25) is 37.3 Å². The van der Waals surface area contributed by atoms with Gasteiger partial charge in [0.05, 0.1) is 26.4 Å². The Morgan fingerprint density at radius 3 is 0.894 bits per heavy atom. The van der Waals surface area contributed by atoms with Gasteiger partial charge in [-0.25, -0.2) is 9.13 Å². The molecule has 0 heterocycles. The van der Waals surface area contributed by atoms with Gasteiger partial charge in [-0.1, -0.05) is 273 Å². The Morgan fingerprint density at radius 2 is 0.600 bits per heavy atom. The van der Waals surface area contributed by atoms with Gasteiger partial charge in [0, 0.05) is 25.7 Å². The van der Waals surface area contributed by atoms with Crippen LogP contribution in [0.25, 0.3) is 0 Å². The zero-order valence-corrected chi connectivity index (χ0v) is 56.9. The van der Waals surface area contributed by atoms with Crippen molar-refractivity contribution >= 4 is 39.5 Å². The summed E-state index contributed by atoms with van der Waals surface area (Å²) in [5, 5.41) is 10.5. The normalized spacial score (nSPS) is 15.0. The molecule has 0 aromatic heterocycles. The summed E-state index contributed by atoms with van der Waals surface area (Å²) in [4.78, 5) is 72.2. The van der Waals surface area contributed by atoms with E-state index in [4.69, 9.17) is 37.0 Å². The molecule has 504 valence electrons. The van der Waals surface area contributed by atoms with Gasteiger partial charge in [0.1, 0.15) is 19.3 Å². The molecule has 0 aliphatic heterocycles. The van der Waals surface area contributed by atoms with Crippen LogP contribution in [0.15, 0.2) is 0 Å². The van der Waals surface area contributed by atoms with Crippen molar-refractivity contribution in [3.8, 4) is 0 Å². The average Bonchev–Trinajstić information content (AvgIpc) is 3.62. The number of hydrogen-bond acceptors (Lipinski definition) is 15. The number of carbonyl (C=O) groups excluding carboxylic acids is 4. The fraction of sp³-hybridized carbons (Fsp3) is 0.939. The van der Waals surface area contributed by atoms with Crippen LogP contribution in [-0.4, -0.2) is 96.7 Å². The van der Waals surface area contributed by atoms with Crippen LogP contribution in [0.5, 0.6) is 0 Å². The number of carbonyl (C=O) groups is 4. The predicted octanol–water partition coefficient (Wildman–Crippen LogP) is 18.3. The third-order valence-corrected chi connectivity index (χ3v) is 17.8. The van der Waals surface area contributed by atoms with Crippen molar-refractivity contribution in [3.05, 3.63) is 0 Å². The van der Waals surface area contributed by atoms with Gasteiger partial charge in [-0.15, -0.1) is 0 Å². The fourth-order valence-electron chi connectivity index (χ4n) is 9.77. The predicted molar refractivity (Wildman–Crippen MR) is 340 cm³/mol. The molecule has 0 aromatic carbocycles. The van der Waals surface area contributed by atoms with Crippen LogP contribution in [0.3, 0.4) is 0 Å². The van der Waals surface area contributed by atoms with Gasteiger partial charge < -0.3 is 33.8 Å². The van der Waals surface area contributed by atoms with Crippen LogP contribution in [0, 0.1) is 17.8 Å².